The number of aryl methyl sites for hydroxylation is 1. The molecule has 0 unspecified atom stereocenters. The first-order chi connectivity index (χ1) is 9.31. The van der Waals surface area contributed by atoms with Crippen LogP contribution in [0.3, 0.4) is 0 Å². The van der Waals surface area contributed by atoms with E-state index < -0.39 is 26.6 Å². The van der Waals surface area contributed by atoms with Crippen LogP contribution in [0.5, 0.6) is 0 Å². The van der Waals surface area contributed by atoms with Crippen LogP contribution in [-0.4, -0.2) is 39.7 Å². The average Bonchev–Trinajstić information content (AvgIpc) is 2.71. The molecule has 0 atom stereocenters. The van der Waals surface area contributed by atoms with Gasteiger partial charge in [0.05, 0.1) is 5.69 Å². The topological polar surface area (TPSA) is 138 Å². The van der Waals surface area contributed by atoms with Crippen LogP contribution in [0.15, 0.2) is 17.3 Å². The number of rotatable bonds is 4. The molecule has 11 heteroatoms. The summed E-state index contributed by atoms with van der Waals surface area (Å²) in [6, 6.07) is 1.19. The van der Waals surface area contributed by atoms with Crippen LogP contribution < -0.4 is 4.72 Å². The molecule has 0 spiro atoms. The number of halogens is 1. The molecule has 0 fully saturated rings. The number of aromatic amines is 1. The first-order valence-corrected chi connectivity index (χ1v) is 6.96. The van der Waals surface area contributed by atoms with E-state index in [1.807, 2.05) is 0 Å². The Morgan fingerprint density at radius 2 is 2.15 bits per heavy atom. The van der Waals surface area contributed by atoms with Gasteiger partial charge in [-0.2, -0.15) is 5.10 Å². The zero-order valence-electron chi connectivity index (χ0n) is 9.95. The molecule has 0 aliphatic heterocycles. The van der Waals surface area contributed by atoms with Crippen molar-refractivity contribution in [3.8, 4) is 0 Å². The fourth-order valence-corrected chi connectivity index (χ4v) is 2.94. The first kappa shape index (κ1) is 14.2. The minimum absolute atomic E-state index is 0.0417. The van der Waals surface area contributed by atoms with Crippen molar-refractivity contribution in [1.82, 2.24) is 20.2 Å². The fraction of sp³-hybridized carbons (Fsp3) is 0.111. The minimum atomic E-state index is -4.17. The lowest BCUT2D eigenvalue weighted by atomic mass is 10.4. The molecule has 20 heavy (non-hydrogen) atoms. The van der Waals surface area contributed by atoms with Crippen LogP contribution in [0, 0.1) is 6.92 Å². The minimum Gasteiger partial charge on any atom is -0.476 e. The van der Waals surface area contributed by atoms with Gasteiger partial charge in [-0.15, -0.1) is 0 Å². The van der Waals surface area contributed by atoms with E-state index in [4.69, 9.17) is 16.7 Å². The SMILES string of the molecule is Cc1[nH]nc(C(=O)O)c1S(=O)(=O)Nc1cc(Cl)ncn1. The third kappa shape index (κ3) is 2.70. The Kier molecular flexibility index (Phi) is 3.59. The van der Waals surface area contributed by atoms with E-state index in [1.54, 1.807) is 0 Å². The highest BCUT2D eigenvalue weighted by atomic mass is 35.5. The summed E-state index contributed by atoms with van der Waals surface area (Å²) in [4.78, 5) is 17.8. The van der Waals surface area contributed by atoms with Crippen LogP contribution >= 0.6 is 11.6 Å². The van der Waals surface area contributed by atoms with Gasteiger partial charge in [0, 0.05) is 6.07 Å². The van der Waals surface area contributed by atoms with Crippen molar-refractivity contribution in [3.05, 3.63) is 28.9 Å². The van der Waals surface area contributed by atoms with Gasteiger partial charge >= 0.3 is 5.97 Å². The quantitative estimate of drug-likeness (QED) is 0.704. The Hall–Kier alpha value is -2.20. The molecule has 0 aliphatic rings. The second kappa shape index (κ2) is 5.06. The van der Waals surface area contributed by atoms with E-state index in [9.17, 15) is 13.2 Å². The van der Waals surface area contributed by atoms with E-state index in [1.165, 1.54) is 13.0 Å². The Labute approximate surface area is 118 Å². The smallest absolute Gasteiger partial charge is 0.357 e. The number of hydrogen-bond donors (Lipinski definition) is 3. The summed E-state index contributed by atoms with van der Waals surface area (Å²) in [6.07, 6.45) is 1.07. The molecule has 0 amide bonds. The van der Waals surface area contributed by atoms with Crippen molar-refractivity contribution in [2.75, 3.05) is 4.72 Å². The molecule has 2 rings (SSSR count). The summed E-state index contributed by atoms with van der Waals surface area (Å²) < 4.78 is 26.5. The van der Waals surface area contributed by atoms with Crippen LogP contribution in [0.2, 0.25) is 5.15 Å². The summed E-state index contributed by atoms with van der Waals surface area (Å²) in [5, 5.41) is 14.7. The van der Waals surface area contributed by atoms with Crippen molar-refractivity contribution in [3.63, 3.8) is 0 Å². The molecule has 2 heterocycles. The van der Waals surface area contributed by atoms with Gasteiger partial charge in [0.1, 0.15) is 22.2 Å². The molecule has 3 N–H and O–H groups in total. The lowest BCUT2D eigenvalue weighted by molar-refractivity contribution is 0.0686. The maximum atomic E-state index is 12.2. The van der Waals surface area contributed by atoms with Crippen molar-refractivity contribution < 1.29 is 18.3 Å². The molecule has 0 saturated carbocycles. The normalized spacial score (nSPS) is 11.3. The summed E-state index contributed by atoms with van der Waals surface area (Å²) in [5.41, 5.74) is -0.509. The van der Waals surface area contributed by atoms with E-state index in [2.05, 4.69) is 24.9 Å². The Bertz CT molecular complexity index is 772. The van der Waals surface area contributed by atoms with Gasteiger partial charge in [-0.1, -0.05) is 11.6 Å². The number of aromatic carboxylic acids is 1. The average molecular weight is 318 g/mol. The second-order valence-electron chi connectivity index (χ2n) is 3.66. The Morgan fingerprint density at radius 1 is 1.45 bits per heavy atom. The summed E-state index contributed by atoms with van der Waals surface area (Å²) in [5.74, 6) is -1.54. The number of nitrogens with one attached hydrogen (secondary N) is 2. The van der Waals surface area contributed by atoms with Crippen LogP contribution in [0.25, 0.3) is 0 Å². The number of H-pyrrole nitrogens is 1. The largest absolute Gasteiger partial charge is 0.476 e. The number of aromatic nitrogens is 4. The number of carbonyl (C=O) groups is 1. The molecule has 2 aromatic heterocycles. The van der Waals surface area contributed by atoms with E-state index in [-0.39, 0.29) is 16.7 Å². The number of sulfonamides is 1. The molecule has 2 aromatic rings. The molecule has 0 bridgehead atoms. The van der Waals surface area contributed by atoms with Crippen molar-refractivity contribution in [1.29, 1.82) is 0 Å². The third-order valence-electron chi connectivity index (χ3n) is 2.24. The van der Waals surface area contributed by atoms with Gasteiger partial charge in [-0.05, 0) is 6.92 Å². The number of carboxylic acids is 1. The Morgan fingerprint density at radius 3 is 2.75 bits per heavy atom. The molecular weight excluding hydrogens is 310 g/mol. The molecule has 9 nitrogen and oxygen atoms in total. The standard InChI is InChI=1S/C9H8ClN5O4S/c1-4-8(7(9(16)17)14-13-4)20(18,19)15-6-2-5(10)11-3-12-6/h2-3H,1H3,(H,13,14)(H,16,17)(H,11,12,15). The van der Waals surface area contributed by atoms with Gasteiger partial charge in [0.15, 0.2) is 5.69 Å². The molecule has 0 aliphatic carbocycles. The second-order valence-corrected chi connectivity index (χ2v) is 5.67. The number of hydrogen-bond acceptors (Lipinski definition) is 6. The van der Waals surface area contributed by atoms with Crippen molar-refractivity contribution in [2.24, 2.45) is 0 Å². The predicted octanol–water partition coefficient (Wildman–Crippen LogP) is 0.661. The maximum absolute atomic E-state index is 12.2. The first-order valence-electron chi connectivity index (χ1n) is 5.10. The van der Waals surface area contributed by atoms with Gasteiger partial charge in [0.25, 0.3) is 10.0 Å². The lowest BCUT2D eigenvalue weighted by Gasteiger charge is -2.07. The van der Waals surface area contributed by atoms with Crippen LogP contribution in [0.1, 0.15) is 16.2 Å². The van der Waals surface area contributed by atoms with Crippen molar-refractivity contribution in [2.45, 2.75) is 11.8 Å². The van der Waals surface area contributed by atoms with Gasteiger partial charge in [0.2, 0.25) is 0 Å². The fourth-order valence-electron chi connectivity index (χ4n) is 1.47. The Balaban J connectivity index is 2.46. The summed E-state index contributed by atoms with van der Waals surface area (Å²) in [6.45, 7) is 1.39. The van der Waals surface area contributed by atoms with Gasteiger partial charge in [-0.25, -0.2) is 23.2 Å². The molecule has 0 aromatic carbocycles. The van der Waals surface area contributed by atoms with E-state index in [0.717, 1.165) is 6.33 Å². The lowest BCUT2D eigenvalue weighted by Crippen LogP contribution is -2.17. The zero-order valence-corrected chi connectivity index (χ0v) is 11.5. The van der Waals surface area contributed by atoms with Crippen LogP contribution in [-0.2, 0) is 10.0 Å². The number of carboxylic acid groups (broad SMARTS) is 1. The molecular formula is C9H8ClN5O4S. The molecule has 106 valence electrons. The number of nitrogens with zero attached hydrogens (tertiary/aromatic N) is 3. The van der Waals surface area contributed by atoms with E-state index in [0.29, 0.717) is 0 Å². The number of anilines is 1. The van der Waals surface area contributed by atoms with Crippen molar-refractivity contribution >= 4 is 33.4 Å². The van der Waals surface area contributed by atoms with Crippen LogP contribution in [0.4, 0.5) is 5.82 Å². The van der Waals surface area contributed by atoms with Gasteiger partial charge in [-0.3, -0.25) is 9.82 Å². The van der Waals surface area contributed by atoms with Gasteiger partial charge < -0.3 is 5.11 Å². The monoisotopic (exact) mass is 317 g/mol. The maximum Gasteiger partial charge on any atom is 0.357 e. The summed E-state index contributed by atoms with van der Waals surface area (Å²) >= 11 is 5.61. The summed E-state index contributed by atoms with van der Waals surface area (Å²) in [7, 11) is -4.17. The predicted molar refractivity (Wildman–Crippen MR) is 68.1 cm³/mol. The highest BCUT2D eigenvalue weighted by Gasteiger charge is 2.28. The molecule has 0 radical (unpaired) electrons. The zero-order chi connectivity index (χ0) is 14.9. The highest BCUT2D eigenvalue weighted by molar-refractivity contribution is 7.92. The van der Waals surface area contributed by atoms with E-state index >= 15 is 0 Å². The highest BCUT2D eigenvalue weighted by Crippen LogP contribution is 2.21. The molecule has 0 saturated heterocycles. The third-order valence-corrected chi connectivity index (χ3v) is 3.96.